The Hall–Kier alpha value is -2.62. The molecule has 2 aromatic rings. The maximum absolute atomic E-state index is 12.1. The van der Waals surface area contributed by atoms with Crippen LogP contribution in [0, 0.1) is 0 Å². The first kappa shape index (κ1) is 14.3. The van der Waals surface area contributed by atoms with Crippen LogP contribution in [-0.4, -0.2) is 18.2 Å². The molecule has 4 nitrogen and oxygen atoms in total. The topological polar surface area (TPSA) is 50.7 Å². The van der Waals surface area contributed by atoms with Gasteiger partial charge in [0, 0.05) is 24.1 Å². The van der Waals surface area contributed by atoms with Gasteiger partial charge in [0.1, 0.15) is 5.75 Å². The molecule has 0 saturated heterocycles. The molecular weight excluding hydrogens is 276 g/mol. The molecule has 22 heavy (non-hydrogen) atoms. The summed E-state index contributed by atoms with van der Waals surface area (Å²) in [7, 11) is 0. The van der Waals surface area contributed by atoms with Gasteiger partial charge in [0.05, 0.1) is 6.61 Å². The molecule has 1 amide bonds. The van der Waals surface area contributed by atoms with Crippen molar-refractivity contribution in [2.24, 2.45) is 5.10 Å². The lowest BCUT2D eigenvalue weighted by molar-refractivity contribution is 0.0954. The van der Waals surface area contributed by atoms with E-state index in [9.17, 15) is 4.79 Å². The lowest BCUT2D eigenvalue weighted by Gasteiger charge is -2.04. The number of rotatable bonds is 4. The lowest BCUT2D eigenvalue weighted by Crippen LogP contribution is -2.19. The van der Waals surface area contributed by atoms with Crippen LogP contribution in [0.2, 0.25) is 0 Å². The molecule has 1 aliphatic carbocycles. The molecule has 0 spiro atoms. The monoisotopic (exact) mass is 294 g/mol. The highest BCUT2D eigenvalue weighted by molar-refractivity contribution is 5.97. The van der Waals surface area contributed by atoms with Crippen molar-refractivity contribution < 1.29 is 9.53 Å². The molecule has 0 atom stereocenters. The SMILES string of the molecule is CCOc1ccc(C(=O)NN=C2Cc3ccccc3C2)cc1. The third-order valence-electron chi connectivity index (χ3n) is 3.65. The quantitative estimate of drug-likeness (QED) is 0.881. The molecule has 112 valence electrons. The molecule has 3 rings (SSSR count). The van der Waals surface area contributed by atoms with Crippen molar-refractivity contribution in [2.75, 3.05) is 6.61 Å². The Morgan fingerprint density at radius 3 is 2.32 bits per heavy atom. The molecule has 1 N–H and O–H groups in total. The van der Waals surface area contributed by atoms with Crippen LogP contribution in [0.15, 0.2) is 53.6 Å². The molecular formula is C18H18N2O2. The number of nitrogens with one attached hydrogen (secondary N) is 1. The van der Waals surface area contributed by atoms with Crippen molar-refractivity contribution in [2.45, 2.75) is 19.8 Å². The van der Waals surface area contributed by atoms with Crippen LogP contribution in [-0.2, 0) is 12.8 Å². The fraction of sp³-hybridized carbons (Fsp3) is 0.222. The summed E-state index contributed by atoms with van der Waals surface area (Å²) in [5.74, 6) is 0.558. The number of carbonyl (C=O) groups is 1. The molecule has 0 bridgehead atoms. The summed E-state index contributed by atoms with van der Waals surface area (Å²) < 4.78 is 5.36. The Kier molecular flexibility index (Phi) is 4.19. The second-order valence-electron chi connectivity index (χ2n) is 5.20. The van der Waals surface area contributed by atoms with Crippen molar-refractivity contribution in [3.05, 3.63) is 65.2 Å². The molecule has 0 saturated carbocycles. The van der Waals surface area contributed by atoms with Gasteiger partial charge in [-0.15, -0.1) is 0 Å². The summed E-state index contributed by atoms with van der Waals surface area (Å²) in [5.41, 5.74) is 6.77. The van der Waals surface area contributed by atoms with Gasteiger partial charge in [-0.3, -0.25) is 4.79 Å². The number of nitrogens with zero attached hydrogens (tertiary/aromatic N) is 1. The molecule has 0 aliphatic heterocycles. The average molecular weight is 294 g/mol. The van der Waals surface area contributed by atoms with E-state index >= 15 is 0 Å². The largest absolute Gasteiger partial charge is 0.494 e. The fourth-order valence-corrected chi connectivity index (χ4v) is 2.55. The van der Waals surface area contributed by atoms with Crippen LogP contribution < -0.4 is 10.2 Å². The third kappa shape index (κ3) is 3.17. The second-order valence-corrected chi connectivity index (χ2v) is 5.20. The van der Waals surface area contributed by atoms with E-state index in [1.807, 2.05) is 19.1 Å². The minimum absolute atomic E-state index is 0.202. The second kappa shape index (κ2) is 6.43. The Labute approximate surface area is 129 Å². The Balaban J connectivity index is 1.62. The van der Waals surface area contributed by atoms with Gasteiger partial charge in [0.2, 0.25) is 0 Å². The minimum atomic E-state index is -0.202. The summed E-state index contributed by atoms with van der Waals surface area (Å²) in [4.78, 5) is 12.1. The maximum Gasteiger partial charge on any atom is 0.271 e. The predicted molar refractivity (Wildman–Crippen MR) is 86.4 cm³/mol. The van der Waals surface area contributed by atoms with E-state index < -0.39 is 0 Å². The predicted octanol–water partition coefficient (Wildman–Crippen LogP) is 2.97. The van der Waals surface area contributed by atoms with E-state index in [1.165, 1.54) is 11.1 Å². The summed E-state index contributed by atoms with van der Waals surface area (Å²) in [6, 6.07) is 15.3. The number of fused-ring (bicyclic) bond motifs is 1. The van der Waals surface area contributed by atoms with Crippen molar-refractivity contribution in [1.29, 1.82) is 0 Å². The number of hydrazone groups is 1. The summed E-state index contributed by atoms with van der Waals surface area (Å²) in [6.45, 7) is 2.54. The van der Waals surface area contributed by atoms with Crippen molar-refractivity contribution >= 4 is 11.6 Å². The van der Waals surface area contributed by atoms with Gasteiger partial charge in [-0.25, -0.2) is 5.43 Å². The first-order valence-electron chi connectivity index (χ1n) is 7.41. The molecule has 0 unspecified atom stereocenters. The van der Waals surface area contributed by atoms with Crippen LogP contribution in [0.25, 0.3) is 0 Å². The van der Waals surface area contributed by atoms with Crippen molar-refractivity contribution in [1.82, 2.24) is 5.43 Å². The first-order chi connectivity index (χ1) is 10.8. The van der Waals surface area contributed by atoms with Gasteiger partial charge in [-0.05, 0) is 42.3 Å². The highest BCUT2D eigenvalue weighted by atomic mass is 16.5. The average Bonchev–Trinajstić information content (AvgIpc) is 2.96. The van der Waals surface area contributed by atoms with Crippen molar-refractivity contribution in [3.63, 3.8) is 0 Å². The van der Waals surface area contributed by atoms with Crippen LogP contribution in [0.5, 0.6) is 5.75 Å². The van der Waals surface area contributed by atoms with E-state index in [1.54, 1.807) is 24.3 Å². The zero-order chi connectivity index (χ0) is 15.4. The van der Waals surface area contributed by atoms with Gasteiger partial charge in [0.25, 0.3) is 5.91 Å². The van der Waals surface area contributed by atoms with Crippen LogP contribution in [0.1, 0.15) is 28.4 Å². The summed E-state index contributed by atoms with van der Waals surface area (Å²) in [6.07, 6.45) is 1.61. The Bertz CT molecular complexity index is 678. The van der Waals surface area contributed by atoms with Gasteiger partial charge in [0.15, 0.2) is 0 Å². The van der Waals surface area contributed by atoms with Gasteiger partial charge < -0.3 is 4.74 Å². The minimum Gasteiger partial charge on any atom is -0.494 e. The normalized spacial score (nSPS) is 12.7. The number of hydrogen-bond acceptors (Lipinski definition) is 3. The summed E-state index contributed by atoms with van der Waals surface area (Å²) in [5, 5.41) is 4.26. The maximum atomic E-state index is 12.1. The highest BCUT2D eigenvalue weighted by Gasteiger charge is 2.16. The van der Waals surface area contributed by atoms with E-state index in [4.69, 9.17) is 4.74 Å². The Morgan fingerprint density at radius 1 is 1.09 bits per heavy atom. The zero-order valence-electron chi connectivity index (χ0n) is 12.5. The fourth-order valence-electron chi connectivity index (χ4n) is 2.55. The number of carbonyl (C=O) groups excluding carboxylic acids is 1. The van der Waals surface area contributed by atoms with Crippen LogP contribution in [0.3, 0.4) is 0 Å². The summed E-state index contributed by atoms with van der Waals surface area (Å²) >= 11 is 0. The third-order valence-corrected chi connectivity index (χ3v) is 3.65. The lowest BCUT2D eigenvalue weighted by atomic mass is 10.1. The van der Waals surface area contributed by atoms with Gasteiger partial charge in [-0.1, -0.05) is 24.3 Å². The molecule has 2 aromatic carbocycles. The molecule has 0 fully saturated rings. The molecule has 0 aromatic heterocycles. The van der Waals surface area contributed by atoms with Crippen LogP contribution >= 0.6 is 0 Å². The highest BCUT2D eigenvalue weighted by Crippen LogP contribution is 2.19. The number of hydrogen-bond donors (Lipinski definition) is 1. The number of benzene rings is 2. The van der Waals surface area contributed by atoms with Gasteiger partial charge >= 0.3 is 0 Å². The van der Waals surface area contributed by atoms with Crippen molar-refractivity contribution in [3.8, 4) is 5.75 Å². The van der Waals surface area contributed by atoms with Gasteiger partial charge in [-0.2, -0.15) is 5.10 Å². The zero-order valence-corrected chi connectivity index (χ0v) is 12.5. The van der Waals surface area contributed by atoms with Crippen LogP contribution in [0.4, 0.5) is 0 Å². The van der Waals surface area contributed by atoms with E-state index in [0.29, 0.717) is 12.2 Å². The molecule has 0 heterocycles. The molecule has 1 aliphatic rings. The molecule has 0 radical (unpaired) electrons. The number of amides is 1. The Morgan fingerprint density at radius 2 is 1.73 bits per heavy atom. The van der Waals surface area contributed by atoms with E-state index in [2.05, 4.69) is 22.7 Å². The first-order valence-corrected chi connectivity index (χ1v) is 7.41. The molecule has 4 heteroatoms. The standard InChI is InChI=1S/C18H18N2O2/c1-2-22-17-9-7-13(8-10-17)18(21)20-19-16-11-14-5-3-4-6-15(14)12-16/h3-10H,2,11-12H2,1H3,(H,20,21). The smallest absolute Gasteiger partial charge is 0.271 e. The van der Waals surface area contributed by atoms with E-state index in [-0.39, 0.29) is 5.91 Å². The van der Waals surface area contributed by atoms with E-state index in [0.717, 1.165) is 24.3 Å². The number of ether oxygens (including phenoxy) is 1.